The van der Waals surface area contributed by atoms with Gasteiger partial charge in [-0.2, -0.15) is 0 Å². The SMILES string of the molecule is Cc1ccc(C)c(OCCCCC(=O)N2CCCCC2CNC(=O)CCN)c1.Cl. The molecule has 2 amide bonds. The largest absolute Gasteiger partial charge is 0.493 e. The Bertz CT molecular complexity index is 654. The quantitative estimate of drug-likeness (QED) is 0.564. The van der Waals surface area contributed by atoms with Crippen molar-refractivity contribution in [3.63, 3.8) is 0 Å². The first kappa shape index (κ1) is 25.2. The minimum absolute atomic E-state index is 0. The third kappa shape index (κ3) is 8.62. The Hall–Kier alpha value is -1.79. The number of hydrogen-bond acceptors (Lipinski definition) is 4. The second-order valence-electron chi connectivity index (χ2n) is 7.65. The maximum atomic E-state index is 12.7. The number of aryl methyl sites for hydroxylation is 2. The number of piperidine rings is 1. The highest BCUT2D eigenvalue weighted by atomic mass is 35.5. The summed E-state index contributed by atoms with van der Waals surface area (Å²) in [7, 11) is 0. The smallest absolute Gasteiger partial charge is 0.222 e. The number of amides is 2. The van der Waals surface area contributed by atoms with E-state index in [2.05, 4.69) is 30.4 Å². The highest BCUT2D eigenvalue weighted by Crippen LogP contribution is 2.20. The fraction of sp³-hybridized carbons (Fsp3) is 0.636. The van der Waals surface area contributed by atoms with Gasteiger partial charge in [-0.3, -0.25) is 9.59 Å². The van der Waals surface area contributed by atoms with E-state index in [0.29, 0.717) is 32.5 Å². The highest BCUT2D eigenvalue weighted by molar-refractivity contribution is 5.85. The number of hydrogen-bond donors (Lipinski definition) is 2. The predicted octanol–water partition coefficient (Wildman–Crippen LogP) is 3.12. The van der Waals surface area contributed by atoms with Crippen molar-refractivity contribution in [2.45, 2.75) is 64.8 Å². The zero-order valence-electron chi connectivity index (χ0n) is 17.7. The molecule has 0 bridgehead atoms. The van der Waals surface area contributed by atoms with E-state index < -0.39 is 0 Å². The molecule has 0 aromatic heterocycles. The van der Waals surface area contributed by atoms with Gasteiger partial charge in [0, 0.05) is 38.5 Å². The average molecular weight is 426 g/mol. The number of nitrogens with one attached hydrogen (secondary N) is 1. The zero-order chi connectivity index (χ0) is 20.4. The molecule has 1 fully saturated rings. The maximum absolute atomic E-state index is 12.7. The van der Waals surface area contributed by atoms with Crippen LogP contribution in [-0.2, 0) is 9.59 Å². The lowest BCUT2D eigenvalue weighted by atomic mass is 10.0. The van der Waals surface area contributed by atoms with Crippen LogP contribution in [0.2, 0.25) is 0 Å². The molecule has 1 aromatic rings. The van der Waals surface area contributed by atoms with Gasteiger partial charge in [0.1, 0.15) is 5.75 Å². The van der Waals surface area contributed by atoms with Gasteiger partial charge in [0.05, 0.1) is 6.61 Å². The molecule has 6 nitrogen and oxygen atoms in total. The Labute approximate surface area is 181 Å². The molecular weight excluding hydrogens is 390 g/mol. The molecule has 7 heteroatoms. The molecule has 0 spiro atoms. The van der Waals surface area contributed by atoms with E-state index in [1.807, 2.05) is 11.8 Å². The molecule has 2 rings (SSSR count). The lowest BCUT2D eigenvalue weighted by Crippen LogP contribution is -2.49. The number of unbranched alkanes of at least 4 members (excludes halogenated alkanes) is 1. The Morgan fingerprint density at radius 2 is 2.00 bits per heavy atom. The number of benzene rings is 1. The van der Waals surface area contributed by atoms with Gasteiger partial charge in [-0.1, -0.05) is 12.1 Å². The van der Waals surface area contributed by atoms with Gasteiger partial charge in [0.25, 0.3) is 0 Å². The molecule has 3 N–H and O–H groups in total. The van der Waals surface area contributed by atoms with E-state index in [0.717, 1.165) is 50.0 Å². The molecule has 1 aliphatic heterocycles. The van der Waals surface area contributed by atoms with Crippen molar-refractivity contribution in [3.05, 3.63) is 29.3 Å². The van der Waals surface area contributed by atoms with E-state index in [9.17, 15) is 9.59 Å². The Morgan fingerprint density at radius 1 is 1.21 bits per heavy atom. The predicted molar refractivity (Wildman–Crippen MR) is 119 cm³/mol. The Balaban J connectivity index is 0.00000420. The van der Waals surface area contributed by atoms with Crippen LogP contribution in [0.5, 0.6) is 5.75 Å². The van der Waals surface area contributed by atoms with Crippen LogP contribution in [0.4, 0.5) is 0 Å². The second kappa shape index (κ2) is 13.4. The first-order valence-electron chi connectivity index (χ1n) is 10.5. The summed E-state index contributed by atoms with van der Waals surface area (Å²) in [5.74, 6) is 1.07. The lowest BCUT2D eigenvalue weighted by molar-refractivity contribution is -0.135. The molecule has 1 saturated heterocycles. The van der Waals surface area contributed by atoms with Crippen molar-refractivity contribution in [2.75, 3.05) is 26.2 Å². The molecule has 1 aliphatic rings. The van der Waals surface area contributed by atoms with Crippen LogP contribution in [0.15, 0.2) is 18.2 Å². The van der Waals surface area contributed by atoms with Crippen molar-refractivity contribution in [1.29, 1.82) is 0 Å². The molecule has 1 unspecified atom stereocenters. The number of rotatable bonds is 10. The number of nitrogens with zero attached hydrogens (tertiary/aromatic N) is 1. The highest BCUT2D eigenvalue weighted by Gasteiger charge is 2.26. The average Bonchev–Trinajstić information content (AvgIpc) is 2.69. The van der Waals surface area contributed by atoms with Crippen molar-refractivity contribution >= 4 is 24.2 Å². The number of ether oxygens (including phenoxy) is 1. The van der Waals surface area contributed by atoms with Crippen LogP contribution in [0.1, 0.15) is 56.1 Å². The summed E-state index contributed by atoms with van der Waals surface area (Å²) in [6.07, 6.45) is 5.62. The molecule has 29 heavy (non-hydrogen) atoms. The van der Waals surface area contributed by atoms with E-state index in [4.69, 9.17) is 10.5 Å². The Kier molecular flexibility index (Phi) is 11.7. The summed E-state index contributed by atoms with van der Waals surface area (Å²) in [4.78, 5) is 26.3. The first-order chi connectivity index (χ1) is 13.5. The summed E-state index contributed by atoms with van der Waals surface area (Å²) in [5, 5.41) is 2.91. The van der Waals surface area contributed by atoms with Crippen molar-refractivity contribution < 1.29 is 14.3 Å². The van der Waals surface area contributed by atoms with Gasteiger partial charge < -0.3 is 20.7 Å². The van der Waals surface area contributed by atoms with Crippen LogP contribution in [0.25, 0.3) is 0 Å². The summed E-state index contributed by atoms with van der Waals surface area (Å²) >= 11 is 0. The molecule has 0 aliphatic carbocycles. The van der Waals surface area contributed by atoms with Gasteiger partial charge in [0.15, 0.2) is 0 Å². The minimum Gasteiger partial charge on any atom is -0.493 e. The van der Waals surface area contributed by atoms with Crippen LogP contribution in [0.3, 0.4) is 0 Å². The summed E-state index contributed by atoms with van der Waals surface area (Å²) in [5.41, 5.74) is 7.73. The number of carbonyl (C=O) groups excluding carboxylic acids is 2. The molecular formula is C22H36ClN3O3. The molecule has 0 radical (unpaired) electrons. The molecule has 164 valence electrons. The van der Waals surface area contributed by atoms with Gasteiger partial charge >= 0.3 is 0 Å². The van der Waals surface area contributed by atoms with Gasteiger partial charge in [-0.25, -0.2) is 0 Å². The lowest BCUT2D eigenvalue weighted by Gasteiger charge is -2.36. The standard InChI is InChI=1S/C22H35N3O3.ClH/c1-17-9-10-18(2)20(15-17)28-14-6-4-8-22(27)25-13-5-3-7-19(25)16-24-21(26)11-12-23;/h9-10,15,19H,3-8,11-14,16,23H2,1-2H3,(H,24,26);1H. The monoisotopic (exact) mass is 425 g/mol. The maximum Gasteiger partial charge on any atom is 0.222 e. The number of likely N-dealkylation sites (tertiary alicyclic amines) is 1. The van der Waals surface area contributed by atoms with Gasteiger partial charge in [-0.15, -0.1) is 12.4 Å². The van der Waals surface area contributed by atoms with Gasteiger partial charge in [-0.05, 0) is 63.1 Å². The van der Waals surface area contributed by atoms with E-state index in [1.54, 1.807) is 0 Å². The second-order valence-corrected chi connectivity index (χ2v) is 7.65. The van der Waals surface area contributed by atoms with E-state index in [1.165, 1.54) is 5.56 Å². The fourth-order valence-electron chi connectivity index (χ4n) is 3.56. The fourth-order valence-corrected chi connectivity index (χ4v) is 3.56. The molecule has 1 atom stereocenters. The summed E-state index contributed by atoms with van der Waals surface area (Å²) < 4.78 is 5.87. The zero-order valence-corrected chi connectivity index (χ0v) is 18.6. The third-order valence-electron chi connectivity index (χ3n) is 5.24. The molecule has 0 saturated carbocycles. The summed E-state index contributed by atoms with van der Waals surface area (Å²) in [6.45, 7) is 6.38. The van der Waals surface area contributed by atoms with Crippen LogP contribution in [0, 0.1) is 13.8 Å². The summed E-state index contributed by atoms with van der Waals surface area (Å²) in [6, 6.07) is 6.30. The van der Waals surface area contributed by atoms with Crippen molar-refractivity contribution in [2.24, 2.45) is 5.73 Å². The van der Waals surface area contributed by atoms with E-state index >= 15 is 0 Å². The minimum atomic E-state index is -0.0379. The molecule has 1 aromatic carbocycles. The van der Waals surface area contributed by atoms with Crippen LogP contribution >= 0.6 is 12.4 Å². The number of halogens is 1. The van der Waals surface area contributed by atoms with Gasteiger partial charge in [0.2, 0.25) is 11.8 Å². The number of nitrogens with two attached hydrogens (primary N) is 1. The number of carbonyl (C=O) groups is 2. The van der Waals surface area contributed by atoms with Crippen LogP contribution < -0.4 is 15.8 Å². The molecule has 1 heterocycles. The third-order valence-corrected chi connectivity index (χ3v) is 5.24. The first-order valence-corrected chi connectivity index (χ1v) is 10.5. The van der Waals surface area contributed by atoms with Crippen LogP contribution in [-0.4, -0.2) is 49.0 Å². The van der Waals surface area contributed by atoms with Crippen molar-refractivity contribution in [1.82, 2.24) is 10.2 Å². The van der Waals surface area contributed by atoms with Crippen molar-refractivity contribution in [3.8, 4) is 5.75 Å². The van der Waals surface area contributed by atoms with E-state index in [-0.39, 0.29) is 30.3 Å². The topological polar surface area (TPSA) is 84.7 Å². The normalized spacial score (nSPS) is 16.1. The Morgan fingerprint density at radius 3 is 2.76 bits per heavy atom.